The van der Waals surface area contributed by atoms with Crippen LogP contribution in [-0.4, -0.2) is 11.2 Å². The van der Waals surface area contributed by atoms with Gasteiger partial charge in [0.1, 0.15) is 0 Å². The van der Waals surface area contributed by atoms with Crippen LogP contribution in [0, 0.1) is 0 Å². The number of halogens is 1. The molecule has 1 aromatic heterocycles. The molecule has 0 radical (unpaired) electrons. The first kappa shape index (κ1) is 11.1. The van der Waals surface area contributed by atoms with Crippen molar-refractivity contribution in [1.82, 2.24) is 4.98 Å². The van der Waals surface area contributed by atoms with Gasteiger partial charge in [0.2, 0.25) is 0 Å². The summed E-state index contributed by atoms with van der Waals surface area (Å²) in [7, 11) is 0. The molecule has 0 spiro atoms. The van der Waals surface area contributed by atoms with E-state index in [1.807, 2.05) is 48.8 Å². The van der Waals surface area contributed by atoms with Crippen molar-refractivity contribution in [3.8, 4) is 0 Å². The van der Waals surface area contributed by atoms with Crippen LogP contribution in [0.4, 0.5) is 5.69 Å². The number of H-pyrrole nitrogens is 1. The molecule has 0 aliphatic heterocycles. The summed E-state index contributed by atoms with van der Waals surface area (Å²) in [6.45, 7) is 0. The van der Waals surface area contributed by atoms with Crippen molar-refractivity contribution in [3.63, 3.8) is 0 Å². The minimum atomic E-state index is 0.723. The van der Waals surface area contributed by atoms with Gasteiger partial charge in [0.25, 0.3) is 0 Å². The molecular formula is C15H11ClN2. The van der Waals surface area contributed by atoms with Crippen LogP contribution in [0.25, 0.3) is 10.9 Å². The molecule has 0 saturated carbocycles. The summed E-state index contributed by atoms with van der Waals surface area (Å²) in [5.74, 6) is 0. The molecule has 3 heteroatoms. The molecule has 3 aromatic rings. The van der Waals surface area contributed by atoms with Crippen molar-refractivity contribution in [2.24, 2.45) is 4.99 Å². The number of hydrogen-bond acceptors (Lipinski definition) is 1. The first-order chi connectivity index (χ1) is 8.83. The molecule has 0 aliphatic rings. The number of rotatable bonds is 2. The molecule has 3 rings (SSSR count). The molecule has 0 fully saturated rings. The fourth-order valence-electron chi connectivity index (χ4n) is 1.87. The maximum absolute atomic E-state index is 5.83. The highest BCUT2D eigenvalue weighted by atomic mass is 35.5. The van der Waals surface area contributed by atoms with E-state index >= 15 is 0 Å². The molecule has 0 atom stereocenters. The van der Waals surface area contributed by atoms with E-state index in [2.05, 4.69) is 22.1 Å². The Bertz CT molecular complexity index is 696. The molecule has 88 valence electrons. The van der Waals surface area contributed by atoms with Crippen LogP contribution in [-0.2, 0) is 0 Å². The molecule has 2 nitrogen and oxygen atoms in total. The number of fused-ring (bicyclic) bond motifs is 1. The number of nitrogens with zero attached hydrogens (tertiary/aromatic N) is 1. The topological polar surface area (TPSA) is 28.1 Å². The van der Waals surface area contributed by atoms with Gasteiger partial charge < -0.3 is 4.98 Å². The zero-order valence-electron chi connectivity index (χ0n) is 9.60. The van der Waals surface area contributed by atoms with Crippen molar-refractivity contribution in [3.05, 3.63) is 65.3 Å². The number of para-hydroxylation sites is 1. The van der Waals surface area contributed by atoms with Crippen LogP contribution >= 0.6 is 11.6 Å². The third-order valence-electron chi connectivity index (χ3n) is 2.80. The molecule has 2 aromatic carbocycles. The Labute approximate surface area is 110 Å². The van der Waals surface area contributed by atoms with Gasteiger partial charge in [0.15, 0.2) is 0 Å². The Morgan fingerprint density at radius 2 is 1.78 bits per heavy atom. The minimum Gasteiger partial charge on any atom is -0.361 e. The quantitative estimate of drug-likeness (QED) is 0.649. The van der Waals surface area contributed by atoms with Crippen molar-refractivity contribution < 1.29 is 0 Å². The maximum Gasteiger partial charge on any atom is 0.0630 e. The van der Waals surface area contributed by atoms with Crippen molar-refractivity contribution in [2.75, 3.05) is 0 Å². The van der Waals surface area contributed by atoms with E-state index in [1.165, 1.54) is 5.39 Å². The summed E-state index contributed by atoms with van der Waals surface area (Å²) in [4.78, 5) is 7.66. The summed E-state index contributed by atoms with van der Waals surface area (Å²) in [6, 6.07) is 15.6. The predicted molar refractivity (Wildman–Crippen MR) is 77.0 cm³/mol. The summed E-state index contributed by atoms with van der Waals surface area (Å²) >= 11 is 5.83. The number of aromatic nitrogens is 1. The first-order valence-electron chi connectivity index (χ1n) is 5.69. The summed E-state index contributed by atoms with van der Waals surface area (Å²) in [5.41, 5.74) is 3.10. The zero-order chi connectivity index (χ0) is 12.4. The van der Waals surface area contributed by atoms with Gasteiger partial charge in [-0.15, -0.1) is 0 Å². The third-order valence-corrected chi connectivity index (χ3v) is 3.05. The second-order valence-electron chi connectivity index (χ2n) is 4.02. The van der Waals surface area contributed by atoms with Gasteiger partial charge in [-0.3, -0.25) is 4.99 Å². The average molecular weight is 255 g/mol. The molecule has 0 unspecified atom stereocenters. The normalized spacial score (nSPS) is 11.4. The number of hydrogen-bond donors (Lipinski definition) is 1. The van der Waals surface area contributed by atoms with E-state index in [9.17, 15) is 0 Å². The molecule has 0 bridgehead atoms. The zero-order valence-corrected chi connectivity index (χ0v) is 10.4. The highest BCUT2D eigenvalue weighted by Crippen LogP contribution is 2.19. The van der Waals surface area contributed by atoms with Crippen LogP contribution in [0.3, 0.4) is 0 Å². The van der Waals surface area contributed by atoms with Crippen LogP contribution in [0.15, 0.2) is 59.7 Å². The van der Waals surface area contributed by atoms with Gasteiger partial charge >= 0.3 is 0 Å². The molecule has 0 saturated heterocycles. The van der Waals surface area contributed by atoms with Crippen molar-refractivity contribution >= 4 is 34.4 Å². The van der Waals surface area contributed by atoms with Gasteiger partial charge in [-0.05, 0) is 30.3 Å². The highest BCUT2D eigenvalue weighted by Gasteiger charge is 1.99. The largest absolute Gasteiger partial charge is 0.361 e. The van der Waals surface area contributed by atoms with E-state index in [4.69, 9.17) is 11.6 Å². The van der Waals surface area contributed by atoms with E-state index < -0.39 is 0 Å². The molecule has 0 aliphatic carbocycles. The average Bonchev–Trinajstić information content (AvgIpc) is 2.82. The van der Waals surface area contributed by atoms with Crippen molar-refractivity contribution in [2.45, 2.75) is 0 Å². The van der Waals surface area contributed by atoms with Crippen LogP contribution in [0.5, 0.6) is 0 Å². The van der Waals surface area contributed by atoms with Gasteiger partial charge in [-0.1, -0.05) is 29.8 Å². The molecule has 1 heterocycles. The molecular weight excluding hydrogens is 244 g/mol. The lowest BCUT2D eigenvalue weighted by Crippen LogP contribution is -1.76. The van der Waals surface area contributed by atoms with Gasteiger partial charge in [-0.25, -0.2) is 0 Å². The van der Waals surface area contributed by atoms with E-state index in [0.717, 1.165) is 21.8 Å². The van der Waals surface area contributed by atoms with E-state index in [-0.39, 0.29) is 0 Å². The van der Waals surface area contributed by atoms with E-state index in [1.54, 1.807) is 0 Å². The van der Waals surface area contributed by atoms with Crippen LogP contribution in [0.1, 0.15) is 5.56 Å². The van der Waals surface area contributed by atoms with Gasteiger partial charge in [0.05, 0.1) is 5.69 Å². The Kier molecular flexibility index (Phi) is 2.87. The van der Waals surface area contributed by atoms with Crippen LogP contribution < -0.4 is 0 Å². The number of aromatic amines is 1. The number of benzene rings is 2. The summed E-state index contributed by atoms with van der Waals surface area (Å²) in [6.07, 6.45) is 3.83. The highest BCUT2D eigenvalue weighted by molar-refractivity contribution is 6.30. The van der Waals surface area contributed by atoms with Gasteiger partial charge in [0, 0.05) is 33.9 Å². The lowest BCUT2D eigenvalue weighted by molar-refractivity contribution is 1.47. The monoisotopic (exact) mass is 254 g/mol. The molecule has 1 N–H and O–H groups in total. The second kappa shape index (κ2) is 4.67. The number of aliphatic imine (C=N–C) groups is 1. The number of nitrogens with one attached hydrogen (secondary N) is 1. The molecule has 0 amide bonds. The first-order valence-corrected chi connectivity index (χ1v) is 6.06. The van der Waals surface area contributed by atoms with Crippen LogP contribution in [0.2, 0.25) is 5.02 Å². The Morgan fingerprint density at radius 1 is 1.00 bits per heavy atom. The smallest absolute Gasteiger partial charge is 0.0630 e. The Balaban J connectivity index is 1.94. The fraction of sp³-hybridized carbons (Fsp3) is 0. The van der Waals surface area contributed by atoms with E-state index in [0.29, 0.717) is 0 Å². The summed E-state index contributed by atoms with van der Waals surface area (Å²) in [5, 5.41) is 1.90. The Morgan fingerprint density at radius 3 is 2.61 bits per heavy atom. The minimum absolute atomic E-state index is 0.723. The second-order valence-corrected chi connectivity index (χ2v) is 4.46. The lowest BCUT2D eigenvalue weighted by atomic mass is 10.2. The lowest BCUT2D eigenvalue weighted by Gasteiger charge is -1.93. The van der Waals surface area contributed by atoms with Gasteiger partial charge in [-0.2, -0.15) is 0 Å². The predicted octanol–water partition coefficient (Wildman–Crippen LogP) is 4.57. The Hall–Kier alpha value is -2.06. The standard InChI is InChI=1S/C15H11ClN2/c16-12-5-7-13(8-6-12)17-9-11-10-18-15-4-2-1-3-14(11)15/h1-10,18H/b17-9+. The fourth-order valence-corrected chi connectivity index (χ4v) is 2.00. The molecule has 18 heavy (non-hydrogen) atoms. The third kappa shape index (κ3) is 2.15. The SMILES string of the molecule is Clc1ccc(/N=C/c2c[nH]c3ccccc23)cc1. The van der Waals surface area contributed by atoms with Crippen molar-refractivity contribution in [1.29, 1.82) is 0 Å². The summed E-state index contributed by atoms with van der Waals surface area (Å²) < 4.78 is 0. The maximum atomic E-state index is 5.83.